The van der Waals surface area contributed by atoms with Crippen LogP contribution in [0.1, 0.15) is 27.4 Å². The highest BCUT2D eigenvalue weighted by Gasteiger charge is 2.26. The topological polar surface area (TPSA) is 35.5 Å². The maximum Gasteiger partial charge on any atom is 0.161 e. The van der Waals surface area contributed by atoms with Crippen LogP contribution in [-0.2, 0) is 6.42 Å². The molecule has 3 heteroatoms. The van der Waals surface area contributed by atoms with Gasteiger partial charge in [0, 0.05) is 11.5 Å². The molecule has 1 unspecified atom stereocenters. The predicted molar refractivity (Wildman–Crippen MR) is 76.8 cm³/mol. The van der Waals surface area contributed by atoms with E-state index < -0.39 is 0 Å². The molecule has 0 saturated heterocycles. The smallest absolute Gasteiger partial charge is 0.161 e. The second-order valence-corrected chi connectivity index (χ2v) is 4.94. The summed E-state index contributed by atoms with van der Waals surface area (Å²) in [5.41, 5.74) is 3.36. The van der Waals surface area contributed by atoms with E-state index in [1.165, 1.54) is 11.1 Å². The molecule has 0 radical (unpaired) electrons. The fourth-order valence-corrected chi connectivity index (χ4v) is 2.58. The number of carbonyl (C=O) groups is 1. The maximum absolute atomic E-state index is 10.7. The highest BCUT2D eigenvalue weighted by Crippen LogP contribution is 2.36. The lowest BCUT2D eigenvalue weighted by atomic mass is 9.78. The van der Waals surface area contributed by atoms with Gasteiger partial charge in [-0.2, -0.15) is 0 Å². The first-order valence-electron chi connectivity index (χ1n) is 6.65. The van der Waals surface area contributed by atoms with Crippen molar-refractivity contribution >= 4 is 6.29 Å². The molecule has 0 aromatic heterocycles. The highest BCUT2D eigenvalue weighted by atomic mass is 16.5. The zero-order valence-corrected chi connectivity index (χ0v) is 11.3. The van der Waals surface area contributed by atoms with E-state index in [2.05, 4.69) is 24.3 Å². The first-order chi connectivity index (χ1) is 9.81. The van der Waals surface area contributed by atoms with Gasteiger partial charge in [-0.25, -0.2) is 0 Å². The summed E-state index contributed by atoms with van der Waals surface area (Å²) in [5.74, 6) is 1.73. The zero-order chi connectivity index (χ0) is 13.9. The number of hydrogen-bond acceptors (Lipinski definition) is 3. The van der Waals surface area contributed by atoms with Crippen LogP contribution in [0.2, 0.25) is 0 Å². The molecule has 2 aromatic carbocycles. The third-order valence-electron chi connectivity index (χ3n) is 3.73. The maximum atomic E-state index is 10.7. The van der Waals surface area contributed by atoms with Crippen LogP contribution in [0.3, 0.4) is 0 Å². The van der Waals surface area contributed by atoms with E-state index >= 15 is 0 Å². The summed E-state index contributed by atoms with van der Waals surface area (Å²) in [6.45, 7) is 0.633. The van der Waals surface area contributed by atoms with Crippen molar-refractivity contribution < 1.29 is 14.3 Å². The number of aldehydes is 1. The van der Waals surface area contributed by atoms with E-state index in [4.69, 9.17) is 9.47 Å². The Morgan fingerprint density at radius 1 is 1.20 bits per heavy atom. The predicted octanol–water partition coefficient (Wildman–Crippen LogP) is 3.23. The molecule has 0 heterocycles. The van der Waals surface area contributed by atoms with Gasteiger partial charge in [-0.3, -0.25) is 4.79 Å². The number of methoxy groups -OCH3 is 1. The summed E-state index contributed by atoms with van der Waals surface area (Å²) in [4.78, 5) is 10.7. The quantitative estimate of drug-likeness (QED) is 0.781. The summed E-state index contributed by atoms with van der Waals surface area (Å²) < 4.78 is 11.1. The van der Waals surface area contributed by atoms with Crippen LogP contribution < -0.4 is 9.47 Å². The van der Waals surface area contributed by atoms with Crippen molar-refractivity contribution in [2.45, 2.75) is 12.3 Å². The van der Waals surface area contributed by atoms with Crippen molar-refractivity contribution in [3.63, 3.8) is 0 Å². The number of hydrogen-bond donors (Lipinski definition) is 0. The van der Waals surface area contributed by atoms with E-state index in [0.29, 0.717) is 29.6 Å². The molecule has 0 aliphatic heterocycles. The van der Waals surface area contributed by atoms with E-state index in [1.807, 2.05) is 0 Å². The number of fused-ring (bicyclic) bond motifs is 1. The molecular weight excluding hydrogens is 252 g/mol. The minimum Gasteiger partial charge on any atom is -0.493 e. The average Bonchev–Trinajstić information content (AvgIpc) is 2.48. The first kappa shape index (κ1) is 12.7. The van der Waals surface area contributed by atoms with Crippen molar-refractivity contribution in [3.8, 4) is 11.5 Å². The fraction of sp³-hybridized carbons (Fsp3) is 0.235. The van der Waals surface area contributed by atoms with Gasteiger partial charge in [0.25, 0.3) is 0 Å². The summed E-state index contributed by atoms with van der Waals surface area (Å²) in [6.07, 6.45) is 1.86. The molecule has 1 aliphatic rings. The Kier molecular flexibility index (Phi) is 3.42. The normalized spacial score (nSPS) is 15.9. The number of benzene rings is 2. The van der Waals surface area contributed by atoms with E-state index in [1.54, 1.807) is 25.3 Å². The number of rotatable bonds is 5. The Balaban J connectivity index is 1.69. The molecule has 20 heavy (non-hydrogen) atoms. The van der Waals surface area contributed by atoms with Gasteiger partial charge in [-0.15, -0.1) is 0 Å². The minimum atomic E-state index is 0.446. The van der Waals surface area contributed by atoms with Gasteiger partial charge < -0.3 is 9.47 Å². The second-order valence-electron chi connectivity index (χ2n) is 4.94. The van der Waals surface area contributed by atoms with Crippen molar-refractivity contribution in [1.82, 2.24) is 0 Å². The number of carbonyl (C=O) groups excluding carboxylic acids is 1. The minimum absolute atomic E-state index is 0.446. The SMILES string of the molecule is COc1cc(C=O)ccc1OCC1Cc2ccccc21. The van der Waals surface area contributed by atoms with Crippen LogP contribution in [0, 0.1) is 0 Å². The molecule has 0 saturated carbocycles. The Morgan fingerprint density at radius 2 is 2.05 bits per heavy atom. The Labute approximate surface area is 118 Å². The van der Waals surface area contributed by atoms with Gasteiger partial charge in [0.15, 0.2) is 11.5 Å². The molecule has 102 valence electrons. The lowest BCUT2D eigenvalue weighted by molar-refractivity contribution is 0.112. The zero-order valence-electron chi connectivity index (χ0n) is 11.3. The average molecular weight is 268 g/mol. The van der Waals surface area contributed by atoms with Gasteiger partial charge in [0.05, 0.1) is 13.7 Å². The molecule has 3 nitrogen and oxygen atoms in total. The molecule has 0 bridgehead atoms. The Hall–Kier alpha value is -2.29. The second kappa shape index (κ2) is 5.37. The summed E-state index contributed by atoms with van der Waals surface area (Å²) in [6, 6.07) is 13.6. The number of ether oxygens (including phenoxy) is 2. The largest absolute Gasteiger partial charge is 0.493 e. The Morgan fingerprint density at radius 3 is 2.80 bits per heavy atom. The van der Waals surface area contributed by atoms with Gasteiger partial charge >= 0.3 is 0 Å². The molecule has 0 N–H and O–H groups in total. The molecule has 0 amide bonds. The third-order valence-corrected chi connectivity index (χ3v) is 3.73. The van der Waals surface area contributed by atoms with E-state index in [9.17, 15) is 4.79 Å². The lowest BCUT2D eigenvalue weighted by Crippen LogP contribution is -2.23. The van der Waals surface area contributed by atoms with Crippen molar-refractivity contribution in [1.29, 1.82) is 0 Å². The van der Waals surface area contributed by atoms with Crippen LogP contribution in [0.4, 0.5) is 0 Å². The van der Waals surface area contributed by atoms with E-state index in [-0.39, 0.29) is 0 Å². The van der Waals surface area contributed by atoms with Crippen molar-refractivity contribution in [3.05, 3.63) is 59.2 Å². The van der Waals surface area contributed by atoms with Crippen molar-refractivity contribution in [2.24, 2.45) is 0 Å². The van der Waals surface area contributed by atoms with Crippen LogP contribution in [-0.4, -0.2) is 20.0 Å². The van der Waals surface area contributed by atoms with Gasteiger partial charge in [-0.05, 0) is 35.7 Å². The standard InChI is InChI=1S/C17H16O3/c1-19-17-8-12(10-18)6-7-16(17)20-11-14-9-13-4-2-3-5-15(13)14/h2-8,10,14H,9,11H2,1H3. The molecule has 1 atom stereocenters. The van der Waals surface area contributed by atoms with Crippen molar-refractivity contribution in [2.75, 3.05) is 13.7 Å². The van der Waals surface area contributed by atoms with Crippen LogP contribution >= 0.6 is 0 Å². The van der Waals surface area contributed by atoms with Crippen LogP contribution in [0.25, 0.3) is 0 Å². The summed E-state index contributed by atoms with van der Waals surface area (Å²) >= 11 is 0. The van der Waals surface area contributed by atoms with E-state index in [0.717, 1.165) is 12.7 Å². The summed E-state index contributed by atoms with van der Waals surface area (Å²) in [5, 5.41) is 0. The monoisotopic (exact) mass is 268 g/mol. The van der Waals surface area contributed by atoms with Gasteiger partial charge in [0.2, 0.25) is 0 Å². The van der Waals surface area contributed by atoms with Crippen LogP contribution in [0.15, 0.2) is 42.5 Å². The molecule has 0 spiro atoms. The first-order valence-corrected chi connectivity index (χ1v) is 6.65. The van der Waals surface area contributed by atoms with Crippen LogP contribution in [0.5, 0.6) is 11.5 Å². The molecule has 0 fully saturated rings. The Bertz CT molecular complexity index is 634. The summed E-state index contributed by atoms with van der Waals surface area (Å²) in [7, 11) is 1.58. The lowest BCUT2D eigenvalue weighted by Gasteiger charge is -2.30. The highest BCUT2D eigenvalue weighted by molar-refractivity contribution is 5.76. The van der Waals surface area contributed by atoms with Gasteiger partial charge in [-0.1, -0.05) is 24.3 Å². The molecule has 3 rings (SSSR count). The molecule has 2 aromatic rings. The molecular formula is C17H16O3. The third kappa shape index (κ3) is 2.27. The molecule has 1 aliphatic carbocycles. The fourth-order valence-electron chi connectivity index (χ4n) is 2.58. The van der Waals surface area contributed by atoms with Gasteiger partial charge in [0.1, 0.15) is 6.29 Å².